The van der Waals surface area contributed by atoms with Crippen molar-refractivity contribution >= 4 is 5.91 Å². The second-order valence-corrected chi connectivity index (χ2v) is 5.78. The maximum absolute atomic E-state index is 13.1. The van der Waals surface area contributed by atoms with Crippen LogP contribution in [0.15, 0.2) is 28.8 Å². The van der Waals surface area contributed by atoms with Gasteiger partial charge in [-0.05, 0) is 51.0 Å². The molecule has 1 N–H and O–H groups in total. The minimum absolute atomic E-state index is 0.0355. The molecule has 122 valence electrons. The maximum atomic E-state index is 13.1. The number of benzene rings is 1. The van der Waals surface area contributed by atoms with Crippen molar-refractivity contribution in [3.8, 4) is 11.3 Å². The van der Waals surface area contributed by atoms with Crippen LogP contribution in [0.4, 0.5) is 4.39 Å². The zero-order valence-corrected chi connectivity index (χ0v) is 13.1. The first-order valence-electron chi connectivity index (χ1n) is 7.71. The molecule has 0 radical (unpaired) electrons. The minimum Gasteiger partial charge on any atom is -0.376 e. The molecule has 2 atom stereocenters. The second kappa shape index (κ2) is 6.50. The van der Waals surface area contributed by atoms with Crippen molar-refractivity contribution in [3.63, 3.8) is 0 Å². The van der Waals surface area contributed by atoms with Crippen LogP contribution in [0.25, 0.3) is 11.3 Å². The summed E-state index contributed by atoms with van der Waals surface area (Å²) in [5.74, 6) is -0.167. The predicted molar refractivity (Wildman–Crippen MR) is 82.5 cm³/mol. The highest BCUT2D eigenvalue weighted by Crippen LogP contribution is 2.26. The van der Waals surface area contributed by atoms with Crippen LogP contribution in [-0.4, -0.2) is 29.8 Å². The number of rotatable bonds is 4. The molecule has 0 saturated carbocycles. The van der Waals surface area contributed by atoms with Crippen LogP contribution < -0.4 is 5.32 Å². The largest absolute Gasteiger partial charge is 0.376 e. The summed E-state index contributed by atoms with van der Waals surface area (Å²) in [7, 11) is 0. The van der Waals surface area contributed by atoms with Crippen molar-refractivity contribution < 1.29 is 18.4 Å². The Morgan fingerprint density at radius 1 is 1.39 bits per heavy atom. The fraction of sp³-hybridized carbons (Fsp3) is 0.412. The van der Waals surface area contributed by atoms with Crippen molar-refractivity contribution in [1.82, 2.24) is 10.5 Å². The van der Waals surface area contributed by atoms with Crippen LogP contribution in [0.3, 0.4) is 0 Å². The van der Waals surface area contributed by atoms with E-state index >= 15 is 0 Å². The topological polar surface area (TPSA) is 64.4 Å². The number of aryl methyl sites for hydroxylation is 1. The Morgan fingerprint density at radius 2 is 2.13 bits per heavy atom. The highest BCUT2D eigenvalue weighted by Gasteiger charge is 2.27. The number of amides is 1. The van der Waals surface area contributed by atoms with Gasteiger partial charge in [0.05, 0.1) is 12.1 Å². The smallest absolute Gasteiger partial charge is 0.257 e. The number of hydrogen-bond donors (Lipinski definition) is 1. The van der Waals surface area contributed by atoms with Gasteiger partial charge < -0.3 is 14.6 Å². The molecule has 1 saturated heterocycles. The van der Waals surface area contributed by atoms with Crippen molar-refractivity contribution in [2.75, 3.05) is 6.61 Å². The lowest BCUT2D eigenvalue weighted by atomic mass is 10.0. The summed E-state index contributed by atoms with van der Waals surface area (Å²) < 4.78 is 23.8. The number of nitrogens with one attached hydrogen (secondary N) is 1. The van der Waals surface area contributed by atoms with Crippen molar-refractivity contribution in [2.45, 2.75) is 38.8 Å². The van der Waals surface area contributed by atoms with E-state index < -0.39 is 0 Å². The normalized spacial score (nSPS) is 18.8. The standard InChI is InChI=1S/C17H19FN2O3/c1-10(14-4-3-9-22-14)19-17(21)15-11(2)23-20-16(15)12-5-7-13(18)8-6-12/h5-8,10,14H,3-4,9H2,1-2H3,(H,19,21)/t10-,14+/m0/s1. The van der Waals surface area contributed by atoms with E-state index in [1.54, 1.807) is 19.1 Å². The van der Waals surface area contributed by atoms with E-state index in [1.165, 1.54) is 12.1 Å². The molecule has 2 heterocycles. The van der Waals surface area contributed by atoms with Crippen molar-refractivity contribution in [1.29, 1.82) is 0 Å². The third-order valence-electron chi connectivity index (χ3n) is 4.09. The number of aromatic nitrogens is 1. The van der Waals surface area contributed by atoms with Crippen molar-refractivity contribution in [3.05, 3.63) is 41.4 Å². The predicted octanol–water partition coefficient (Wildman–Crippen LogP) is 3.09. The molecule has 0 spiro atoms. The number of ether oxygens (including phenoxy) is 1. The summed E-state index contributed by atoms with van der Waals surface area (Å²) in [5.41, 5.74) is 1.43. The molecule has 1 aromatic carbocycles. The molecular weight excluding hydrogens is 299 g/mol. The van der Waals surface area contributed by atoms with Crippen LogP contribution in [-0.2, 0) is 4.74 Å². The third kappa shape index (κ3) is 3.27. The fourth-order valence-electron chi connectivity index (χ4n) is 2.81. The monoisotopic (exact) mass is 318 g/mol. The quantitative estimate of drug-likeness (QED) is 0.941. The first kappa shape index (κ1) is 15.7. The molecule has 5 nitrogen and oxygen atoms in total. The lowest BCUT2D eigenvalue weighted by molar-refractivity contribution is 0.0712. The lowest BCUT2D eigenvalue weighted by Gasteiger charge is -2.19. The van der Waals surface area contributed by atoms with E-state index in [0.717, 1.165) is 19.4 Å². The zero-order chi connectivity index (χ0) is 16.4. The van der Waals surface area contributed by atoms with Crippen LogP contribution in [0.1, 0.15) is 35.9 Å². The maximum Gasteiger partial charge on any atom is 0.257 e. The molecule has 0 unspecified atom stereocenters. The number of hydrogen-bond acceptors (Lipinski definition) is 4. The molecule has 1 fully saturated rings. The van der Waals surface area contributed by atoms with Gasteiger partial charge in [0, 0.05) is 12.2 Å². The Labute approximate surface area is 133 Å². The Kier molecular flexibility index (Phi) is 4.43. The SMILES string of the molecule is Cc1onc(-c2ccc(F)cc2)c1C(=O)N[C@@H](C)[C@H]1CCCO1. The third-order valence-corrected chi connectivity index (χ3v) is 4.09. The van der Waals surface area contributed by atoms with Crippen LogP contribution >= 0.6 is 0 Å². The minimum atomic E-state index is -0.341. The average molecular weight is 318 g/mol. The first-order chi connectivity index (χ1) is 11.1. The van der Waals surface area contributed by atoms with Crippen molar-refractivity contribution in [2.24, 2.45) is 0 Å². The second-order valence-electron chi connectivity index (χ2n) is 5.78. The van der Waals surface area contributed by atoms with E-state index in [-0.39, 0.29) is 23.9 Å². The van der Waals surface area contributed by atoms with Crippen LogP contribution in [0.2, 0.25) is 0 Å². The summed E-state index contributed by atoms with van der Waals surface area (Å²) in [6.07, 6.45) is 1.99. The van der Waals surface area contributed by atoms with Gasteiger partial charge in [-0.1, -0.05) is 5.16 Å². The van der Waals surface area contributed by atoms with E-state index in [1.807, 2.05) is 6.92 Å². The summed E-state index contributed by atoms with van der Waals surface area (Å²) in [4.78, 5) is 12.6. The Hall–Kier alpha value is -2.21. The van der Waals surface area contributed by atoms with E-state index in [2.05, 4.69) is 10.5 Å². The summed E-state index contributed by atoms with van der Waals surface area (Å²) in [6.45, 7) is 4.35. The van der Waals surface area contributed by atoms with E-state index in [9.17, 15) is 9.18 Å². The van der Waals surface area contributed by atoms with E-state index in [4.69, 9.17) is 9.26 Å². The van der Waals surface area contributed by atoms with Gasteiger partial charge in [0.15, 0.2) is 0 Å². The number of carbonyl (C=O) groups excluding carboxylic acids is 1. The molecule has 0 bridgehead atoms. The highest BCUT2D eigenvalue weighted by atomic mass is 19.1. The highest BCUT2D eigenvalue weighted by molar-refractivity contribution is 6.00. The Morgan fingerprint density at radius 3 is 2.78 bits per heavy atom. The lowest BCUT2D eigenvalue weighted by Crippen LogP contribution is -2.41. The zero-order valence-electron chi connectivity index (χ0n) is 13.1. The van der Waals surface area contributed by atoms with Crippen LogP contribution in [0.5, 0.6) is 0 Å². The van der Waals surface area contributed by atoms with Gasteiger partial charge in [0.25, 0.3) is 5.91 Å². The van der Waals surface area contributed by atoms with Gasteiger partial charge in [-0.3, -0.25) is 4.79 Å². The van der Waals surface area contributed by atoms with Gasteiger partial charge >= 0.3 is 0 Å². The molecule has 1 amide bonds. The summed E-state index contributed by atoms with van der Waals surface area (Å²) in [6, 6.07) is 5.71. The van der Waals surface area contributed by atoms with Gasteiger partial charge in [-0.25, -0.2) is 4.39 Å². The molecule has 23 heavy (non-hydrogen) atoms. The molecule has 6 heteroatoms. The number of carbonyl (C=O) groups is 1. The van der Waals surface area contributed by atoms with Gasteiger partial charge in [0.1, 0.15) is 22.8 Å². The van der Waals surface area contributed by atoms with Gasteiger partial charge in [-0.15, -0.1) is 0 Å². The molecule has 3 rings (SSSR count). The number of halogens is 1. The van der Waals surface area contributed by atoms with E-state index in [0.29, 0.717) is 22.6 Å². The van der Waals surface area contributed by atoms with Gasteiger partial charge in [-0.2, -0.15) is 0 Å². The molecule has 1 aliphatic rings. The average Bonchev–Trinajstić information content (AvgIpc) is 3.17. The molecule has 0 aliphatic carbocycles. The summed E-state index contributed by atoms with van der Waals surface area (Å²) in [5, 5.41) is 6.90. The molecule has 1 aliphatic heterocycles. The first-order valence-corrected chi connectivity index (χ1v) is 7.71. The Balaban J connectivity index is 1.82. The summed E-state index contributed by atoms with van der Waals surface area (Å²) >= 11 is 0. The molecule has 1 aromatic heterocycles. The molecular formula is C17H19FN2O3. The van der Waals surface area contributed by atoms with Gasteiger partial charge in [0.2, 0.25) is 0 Å². The number of nitrogens with zero attached hydrogens (tertiary/aromatic N) is 1. The van der Waals surface area contributed by atoms with Crippen LogP contribution in [0, 0.1) is 12.7 Å². The fourth-order valence-corrected chi connectivity index (χ4v) is 2.81. The Bertz CT molecular complexity index is 690. The molecule has 2 aromatic rings.